The Bertz CT molecular complexity index is 779. The number of hydrogen-bond donors (Lipinski definition) is 0. The van der Waals surface area contributed by atoms with Gasteiger partial charge in [-0.1, -0.05) is 24.3 Å². The molecule has 26 heavy (non-hydrogen) atoms. The van der Waals surface area contributed by atoms with Crippen LogP contribution in [0.2, 0.25) is 0 Å². The number of nitro groups is 2. The van der Waals surface area contributed by atoms with Crippen LogP contribution < -0.4 is 0 Å². The summed E-state index contributed by atoms with van der Waals surface area (Å²) in [4.78, 5) is 23.1. The average Bonchev–Trinajstić information content (AvgIpc) is 2.61. The Labute approximate surface area is 151 Å². The quantitative estimate of drug-likeness (QED) is 0.503. The molecule has 0 aliphatic heterocycles. The molecule has 2 rings (SSSR count). The van der Waals surface area contributed by atoms with Crippen LogP contribution in [0, 0.1) is 20.2 Å². The molecule has 138 valence electrons. The zero-order chi connectivity index (χ0) is 19.1. The number of non-ortho nitro benzene ring substituents is 2. The van der Waals surface area contributed by atoms with E-state index in [0.29, 0.717) is 25.1 Å². The molecule has 0 saturated heterocycles. The molecule has 8 nitrogen and oxygen atoms in total. The van der Waals surface area contributed by atoms with Gasteiger partial charge in [0.05, 0.1) is 22.6 Å². The van der Waals surface area contributed by atoms with Crippen LogP contribution in [-0.2, 0) is 11.2 Å². The minimum atomic E-state index is -0.451. The monoisotopic (exact) mass is 359 g/mol. The van der Waals surface area contributed by atoms with E-state index in [4.69, 9.17) is 4.74 Å². The second-order valence-corrected chi connectivity index (χ2v) is 6.15. The molecule has 1 unspecified atom stereocenters. The van der Waals surface area contributed by atoms with E-state index >= 15 is 0 Å². The molecule has 0 heterocycles. The summed E-state index contributed by atoms with van der Waals surface area (Å²) in [7, 11) is 3.85. The Kier molecular flexibility index (Phi) is 6.76. The highest BCUT2D eigenvalue weighted by Crippen LogP contribution is 2.27. The van der Waals surface area contributed by atoms with Crippen LogP contribution in [0.15, 0.2) is 48.5 Å². The normalized spacial score (nSPS) is 12.1. The number of nitro benzene ring substituents is 2. The van der Waals surface area contributed by atoms with Crippen molar-refractivity contribution in [3.63, 3.8) is 0 Å². The smallest absolute Gasteiger partial charge is 0.269 e. The maximum atomic E-state index is 11.0. The second-order valence-electron chi connectivity index (χ2n) is 6.15. The van der Waals surface area contributed by atoms with Gasteiger partial charge in [0.1, 0.15) is 0 Å². The van der Waals surface area contributed by atoms with E-state index in [1.807, 2.05) is 19.0 Å². The molecule has 0 N–H and O–H groups in total. The number of ether oxygens (including phenoxy) is 1. The van der Waals surface area contributed by atoms with Crippen molar-refractivity contribution in [3.8, 4) is 0 Å². The molecule has 0 spiro atoms. The van der Waals surface area contributed by atoms with Gasteiger partial charge in [0.15, 0.2) is 0 Å². The molecule has 0 bridgehead atoms. The molecule has 2 aromatic carbocycles. The van der Waals surface area contributed by atoms with E-state index in [-0.39, 0.29) is 11.4 Å². The predicted octanol–water partition coefficient (Wildman–Crippen LogP) is 3.37. The topological polar surface area (TPSA) is 98.8 Å². The molecule has 0 saturated carbocycles. The van der Waals surface area contributed by atoms with Crippen LogP contribution in [0.25, 0.3) is 0 Å². The van der Waals surface area contributed by atoms with Gasteiger partial charge in [-0.2, -0.15) is 0 Å². The highest BCUT2D eigenvalue weighted by atomic mass is 16.6. The molecule has 0 fully saturated rings. The van der Waals surface area contributed by atoms with Crippen molar-refractivity contribution in [1.29, 1.82) is 0 Å². The molecule has 0 amide bonds. The SMILES string of the molecule is CN(C)CCOC(Cc1cccc([N+](=O)[O-])c1)c1cccc([N+](=O)[O-])c1. The Balaban J connectivity index is 2.25. The van der Waals surface area contributed by atoms with E-state index in [0.717, 1.165) is 5.56 Å². The van der Waals surface area contributed by atoms with Crippen LogP contribution in [0.3, 0.4) is 0 Å². The highest BCUT2D eigenvalue weighted by molar-refractivity contribution is 5.38. The minimum Gasteiger partial charge on any atom is -0.372 e. The lowest BCUT2D eigenvalue weighted by molar-refractivity contribution is -0.385. The number of benzene rings is 2. The molecular weight excluding hydrogens is 338 g/mol. The van der Waals surface area contributed by atoms with E-state index in [1.54, 1.807) is 24.3 Å². The maximum Gasteiger partial charge on any atom is 0.269 e. The average molecular weight is 359 g/mol. The van der Waals surface area contributed by atoms with Gasteiger partial charge in [-0.05, 0) is 25.2 Å². The summed E-state index contributed by atoms with van der Waals surface area (Å²) < 4.78 is 5.94. The minimum absolute atomic E-state index is 0.00795. The number of nitrogens with zero attached hydrogens (tertiary/aromatic N) is 3. The fraction of sp³-hybridized carbons (Fsp3) is 0.333. The number of hydrogen-bond acceptors (Lipinski definition) is 6. The largest absolute Gasteiger partial charge is 0.372 e. The molecule has 0 radical (unpaired) electrons. The van der Waals surface area contributed by atoms with Crippen LogP contribution in [0.4, 0.5) is 11.4 Å². The van der Waals surface area contributed by atoms with Gasteiger partial charge in [0.25, 0.3) is 11.4 Å². The first-order valence-electron chi connectivity index (χ1n) is 8.11. The zero-order valence-electron chi connectivity index (χ0n) is 14.7. The number of likely N-dealkylation sites (N-methyl/N-ethyl adjacent to an activating group) is 1. The lowest BCUT2D eigenvalue weighted by Crippen LogP contribution is -2.20. The first kappa shape index (κ1) is 19.5. The van der Waals surface area contributed by atoms with Gasteiger partial charge < -0.3 is 9.64 Å². The molecule has 8 heteroatoms. The van der Waals surface area contributed by atoms with E-state index < -0.39 is 16.0 Å². The van der Waals surface area contributed by atoms with Crippen molar-refractivity contribution in [2.75, 3.05) is 27.2 Å². The Hall–Kier alpha value is -2.84. The van der Waals surface area contributed by atoms with Gasteiger partial charge in [-0.25, -0.2) is 0 Å². The lowest BCUT2D eigenvalue weighted by atomic mass is 10.0. The molecule has 0 aliphatic carbocycles. The van der Waals surface area contributed by atoms with Gasteiger partial charge in [-0.3, -0.25) is 20.2 Å². The first-order valence-corrected chi connectivity index (χ1v) is 8.11. The molecule has 0 aromatic heterocycles. The van der Waals surface area contributed by atoms with Gasteiger partial charge in [0.2, 0.25) is 0 Å². The summed E-state index contributed by atoms with van der Waals surface area (Å²) in [6.07, 6.45) is -0.0483. The van der Waals surface area contributed by atoms with Crippen molar-refractivity contribution in [2.45, 2.75) is 12.5 Å². The van der Waals surface area contributed by atoms with Gasteiger partial charge in [0, 0.05) is 37.2 Å². The third kappa shape index (κ3) is 5.61. The number of rotatable bonds is 9. The van der Waals surface area contributed by atoms with E-state index in [1.165, 1.54) is 24.3 Å². The third-order valence-corrected chi connectivity index (χ3v) is 3.85. The Morgan fingerprint density at radius 3 is 2.23 bits per heavy atom. The second kappa shape index (κ2) is 9.02. The summed E-state index contributed by atoms with van der Waals surface area (Å²) in [5.41, 5.74) is 1.40. The van der Waals surface area contributed by atoms with E-state index in [2.05, 4.69) is 0 Å². The van der Waals surface area contributed by atoms with Crippen molar-refractivity contribution >= 4 is 11.4 Å². The molecular formula is C18H21N3O5. The van der Waals surface area contributed by atoms with Crippen molar-refractivity contribution in [1.82, 2.24) is 4.90 Å². The Morgan fingerprint density at radius 2 is 1.62 bits per heavy atom. The van der Waals surface area contributed by atoms with Gasteiger partial charge in [-0.15, -0.1) is 0 Å². The highest BCUT2D eigenvalue weighted by Gasteiger charge is 2.18. The summed E-state index contributed by atoms with van der Waals surface area (Å²) in [6.45, 7) is 1.13. The molecule has 2 aromatic rings. The zero-order valence-corrected chi connectivity index (χ0v) is 14.7. The Morgan fingerprint density at radius 1 is 1.00 bits per heavy atom. The van der Waals surface area contributed by atoms with Crippen LogP contribution in [0.5, 0.6) is 0 Å². The maximum absolute atomic E-state index is 11.0. The van der Waals surface area contributed by atoms with Crippen LogP contribution in [-0.4, -0.2) is 42.0 Å². The molecule has 1 atom stereocenters. The lowest BCUT2D eigenvalue weighted by Gasteiger charge is -2.20. The van der Waals surface area contributed by atoms with Crippen LogP contribution >= 0.6 is 0 Å². The summed E-state index contributed by atoms with van der Waals surface area (Å²) >= 11 is 0. The summed E-state index contributed by atoms with van der Waals surface area (Å²) in [5, 5.41) is 22.0. The fourth-order valence-electron chi connectivity index (χ4n) is 2.50. The fourth-order valence-corrected chi connectivity index (χ4v) is 2.50. The standard InChI is InChI=1S/C18H21N3O5/c1-19(2)9-10-26-18(15-6-4-8-17(13-15)21(24)25)12-14-5-3-7-16(11-14)20(22)23/h3-8,11,13,18H,9-10,12H2,1-2H3. The summed E-state index contributed by atoms with van der Waals surface area (Å²) in [5.74, 6) is 0. The van der Waals surface area contributed by atoms with E-state index in [9.17, 15) is 20.2 Å². The van der Waals surface area contributed by atoms with Crippen molar-refractivity contribution in [3.05, 3.63) is 79.9 Å². The summed E-state index contributed by atoms with van der Waals surface area (Å²) in [6, 6.07) is 12.6. The van der Waals surface area contributed by atoms with Gasteiger partial charge >= 0.3 is 0 Å². The van der Waals surface area contributed by atoms with Crippen molar-refractivity contribution in [2.24, 2.45) is 0 Å². The third-order valence-electron chi connectivity index (χ3n) is 3.85. The van der Waals surface area contributed by atoms with Crippen LogP contribution in [0.1, 0.15) is 17.2 Å². The predicted molar refractivity (Wildman–Crippen MR) is 97.1 cm³/mol. The first-order chi connectivity index (χ1) is 12.4. The molecule has 0 aliphatic rings. The van der Waals surface area contributed by atoms with Crippen molar-refractivity contribution < 1.29 is 14.6 Å².